The van der Waals surface area contributed by atoms with Gasteiger partial charge in [0.2, 0.25) is 0 Å². The lowest BCUT2D eigenvalue weighted by Crippen LogP contribution is -1.91. The van der Waals surface area contributed by atoms with Crippen LogP contribution in [0.15, 0.2) is 0 Å². The Morgan fingerprint density at radius 3 is 2.44 bits per heavy atom. The molecule has 54 valence electrons. The maximum absolute atomic E-state index is 10.4. The topological polar surface area (TPSA) is 17.1 Å². The summed E-state index contributed by atoms with van der Waals surface area (Å²) in [5, 5.41) is 0.232. The van der Waals surface area contributed by atoms with E-state index in [4.69, 9.17) is 0 Å². The predicted octanol–water partition coefficient (Wildman–Crippen LogP) is 2.31. The third-order valence-corrected chi connectivity index (χ3v) is 1.85. The van der Waals surface area contributed by atoms with Gasteiger partial charge < -0.3 is 0 Å². The summed E-state index contributed by atoms with van der Waals surface area (Å²) in [5.74, 6) is 1.70. The monoisotopic (exact) mass is 146 g/mol. The van der Waals surface area contributed by atoms with Crippen LogP contribution in [0.25, 0.3) is 0 Å². The van der Waals surface area contributed by atoms with Gasteiger partial charge in [-0.25, -0.2) is 0 Å². The summed E-state index contributed by atoms with van der Waals surface area (Å²) in [7, 11) is 0. The number of thioether (sulfide) groups is 1. The highest BCUT2D eigenvalue weighted by atomic mass is 32.2. The molecule has 0 saturated heterocycles. The zero-order valence-electron chi connectivity index (χ0n) is 6.31. The molecule has 0 aliphatic heterocycles. The molecule has 0 spiro atoms. The molecule has 0 radical (unpaired) electrons. The molecule has 0 unspecified atom stereocenters. The highest BCUT2D eigenvalue weighted by Gasteiger charge is 1.95. The van der Waals surface area contributed by atoms with Gasteiger partial charge in [0, 0.05) is 12.7 Å². The van der Waals surface area contributed by atoms with Gasteiger partial charge in [-0.15, -0.1) is 0 Å². The van der Waals surface area contributed by atoms with Crippen LogP contribution in [-0.2, 0) is 4.79 Å². The largest absolute Gasteiger partial charge is 0.288 e. The van der Waals surface area contributed by atoms with Gasteiger partial charge >= 0.3 is 0 Å². The van der Waals surface area contributed by atoms with E-state index in [1.54, 1.807) is 6.92 Å². The molecule has 0 atom stereocenters. The summed E-state index contributed by atoms with van der Waals surface area (Å²) in [6, 6.07) is 0. The van der Waals surface area contributed by atoms with Gasteiger partial charge in [0.15, 0.2) is 5.12 Å². The van der Waals surface area contributed by atoms with E-state index in [-0.39, 0.29) is 5.12 Å². The predicted molar refractivity (Wildman–Crippen MR) is 42.6 cm³/mol. The molecule has 0 amide bonds. The second-order valence-electron chi connectivity index (χ2n) is 2.52. The van der Waals surface area contributed by atoms with Crippen molar-refractivity contribution in [1.82, 2.24) is 0 Å². The Morgan fingerprint density at radius 1 is 1.56 bits per heavy atom. The zero-order valence-corrected chi connectivity index (χ0v) is 7.12. The zero-order chi connectivity index (χ0) is 7.28. The van der Waals surface area contributed by atoms with Crippen LogP contribution in [0, 0.1) is 5.92 Å². The fourth-order valence-corrected chi connectivity index (χ4v) is 1.32. The first-order chi connectivity index (χ1) is 4.13. The lowest BCUT2D eigenvalue weighted by Gasteiger charge is -2.00. The minimum atomic E-state index is 0.232. The molecule has 0 fully saturated rings. The van der Waals surface area contributed by atoms with Crippen LogP contribution in [-0.4, -0.2) is 10.9 Å². The average molecular weight is 146 g/mol. The van der Waals surface area contributed by atoms with Crippen molar-refractivity contribution in [1.29, 1.82) is 0 Å². The Labute approximate surface area is 61.2 Å². The lowest BCUT2D eigenvalue weighted by molar-refractivity contribution is -0.109. The van der Waals surface area contributed by atoms with Crippen LogP contribution < -0.4 is 0 Å². The van der Waals surface area contributed by atoms with E-state index in [1.807, 2.05) is 0 Å². The molecule has 0 bridgehead atoms. The molecule has 2 heteroatoms. The number of carbonyl (C=O) groups excluding carboxylic acids is 1. The second kappa shape index (κ2) is 4.86. The van der Waals surface area contributed by atoms with Crippen LogP contribution in [0.1, 0.15) is 27.2 Å². The van der Waals surface area contributed by atoms with Crippen molar-refractivity contribution in [3.05, 3.63) is 0 Å². The maximum Gasteiger partial charge on any atom is 0.185 e. The fourth-order valence-electron chi connectivity index (χ4n) is 0.438. The van der Waals surface area contributed by atoms with Gasteiger partial charge in [0.05, 0.1) is 0 Å². The molecule has 9 heavy (non-hydrogen) atoms. The summed E-state index contributed by atoms with van der Waals surface area (Å²) >= 11 is 1.42. The van der Waals surface area contributed by atoms with Crippen molar-refractivity contribution >= 4 is 16.9 Å². The van der Waals surface area contributed by atoms with Crippen LogP contribution in [0.3, 0.4) is 0 Å². The Bertz CT molecular complexity index is 88.9. The third-order valence-electron chi connectivity index (χ3n) is 1.00. The Hall–Kier alpha value is 0.0200. The molecular formula is C7H14OS. The average Bonchev–Trinajstić information content (AvgIpc) is 1.63. The lowest BCUT2D eigenvalue weighted by atomic mass is 10.2. The highest BCUT2D eigenvalue weighted by Crippen LogP contribution is 2.08. The molecule has 0 aromatic heterocycles. The van der Waals surface area contributed by atoms with Crippen LogP contribution in [0.4, 0.5) is 0 Å². The van der Waals surface area contributed by atoms with E-state index < -0.39 is 0 Å². The second-order valence-corrected chi connectivity index (χ2v) is 3.79. The van der Waals surface area contributed by atoms with Crippen LogP contribution in [0.2, 0.25) is 0 Å². The van der Waals surface area contributed by atoms with Crippen LogP contribution in [0.5, 0.6) is 0 Å². The molecule has 0 heterocycles. The Kier molecular flexibility index (Phi) is 4.87. The van der Waals surface area contributed by atoms with E-state index in [0.717, 1.165) is 18.1 Å². The first-order valence-corrected chi connectivity index (χ1v) is 4.25. The standard InChI is InChI=1S/C7H14OS/c1-6(2)4-5-9-7(3)8/h6H,4-5H2,1-3H3. The van der Waals surface area contributed by atoms with Crippen molar-refractivity contribution in [3.63, 3.8) is 0 Å². The molecule has 0 rings (SSSR count). The molecule has 0 aliphatic carbocycles. The van der Waals surface area contributed by atoms with Gasteiger partial charge in [-0.05, 0) is 12.3 Å². The Balaban J connectivity index is 3.01. The summed E-state index contributed by atoms with van der Waals surface area (Å²) in [5.41, 5.74) is 0. The molecule has 0 saturated carbocycles. The van der Waals surface area contributed by atoms with Crippen molar-refractivity contribution < 1.29 is 4.79 Å². The fraction of sp³-hybridized carbons (Fsp3) is 0.857. The van der Waals surface area contributed by atoms with Gasteiger partial charge in [0.25, 0.3) is 0 Å². The Morgan fingerprint density at radius 2 is 2.11 bits per heavy atom. The quantitative estimate of drug-likeness (QED) is 0.607. The number of rotatable bonds is 3. The summed E-state index contributed by atoms with van der Waals surface area (Å²) in [6.45, 7) is 5.95. The maximum atomic E-state index is 10.4. The molecule has 0 aliphatic rings. The van der Waals surface area contributed by atoms with E-state index in [0.29, 0.717) is 0 Å². The third kappa shape index (κ3) is 8.02. The minimum absolute atomic E-state index is 0.232. The summed E-state index contributed by atoms with van der Waals surface area (Å²) in [4.78, 5) is 10.4. The number of hydrogen-bond acceptors (Lipinski definition) is 2. The van der Waals surface area contributed by atoms with Gasteiger partial charge in [-0.2, -0.15) is 0 Å². The van der Waals surface area contributed by atoms with E-state index >= 15 is 0 Å². The first-order valence-electron chi connectivity index (χ1n) is 3.26. The molecular weight excluding hydrogens is 132 g/mol. The molecule has 1 nitrogen and oxygen atoms in total. The SMILES string of the molecule is CC(=O)SCCC(C)C. The first kappa shape index (κ1) is 9.02. The smallest absolute Gasteiger partial charge is 0.185 e. The van der Waals surface area contributed by atoms with Crippen LogP contribution >= 0.6 is 11.8 Å². The van der Waals surface area contributed by atoms with Crippen molar-refractivity contribution in [2.24, 2.45) is 5.92 Å². The number of carbonyl (C=O) groups is 1. The van der Waals surface area contributed by atoms with Gasteiger partial charge in [0.1, 0.15) is 0 Å². The van der Waals surface area contributed by atoms with Crippen molar-refractivity contribution in [2.45, 2.75) is 27.2 Å². The van der Waals surface area contributed by atoms with Crippen molar-refractivity contribution in [2.75, 3.05) is 5.75 Å². The summed E-state index contributed by atoms with van der Waals surface area (Å²) < 4.78 is 0. The summed E-state index contributed by atoms with van der Waals surface area (Å²) in [6.07, 6.45) is 1.14. The molecule has 0 aromatic rings. The minimum Gasteiger partial charge on any atom is -0.288 e. The van der Waals surface area contributed by atoms with E-state index in [2.05, 4.69) is 13.8 Å². The van der Waals surface area contributed by atoms with Crippen molar-refractivity contribution in [3.8, 4) is 0 Å². The number of hydrogen-bond donors (Lipinski definition) is 0. The normalized spacial score (nSPS) is 10.2. The van der Waals surface area contributed by atoms with E-state index in [9.17, 15) is 4.79 Å². The van der Waals surface area contributed by atoms with E-state index in [1.165, 1.54) is 11.8 Å². The van der Waals surface area contributed by atoms with Gasteiger partial charge in [-0.3, -0.25) is 4.79 Å². The van der Waals surface area contributed by atoms with Gasteiger partial charge in [-0.1, -0.05) is 25.6 Å². The molecule has 0 aromatic carbocycles. The highest BCUT2D eigenvalue weighted by molar-refractivity contribution is 8.13. The molecule has 0 N–H and O–H groups in total.